The van der Waals surface area contributed by atoms with Crippen LogP contribution < -0.4 is 14.8 Å². The van der Waals surface area contributed by atoms with Gasteiger partial charge in [-0.25, -0.2) is 15.0 Å². The average Bonchev–Trinajstić information content (AvgIpc) is 3.36. The molecule has 2 aliphatic rings. The Bertz CT molecular complexity index is 1200. The minimum Gasteiger partial charge on any atom is -0.480 e. The Kier molecular flexibility index (Phi) is 14.0. The third kappa shape index (κ3) is 8.82. The van der Waals surface area contributed by atoms with Crippen molar-refractivity contribution in [2.24, 2.45) is 5.92 Å². The molecule has 5 heterocycles. The second-order valence-corrected chi connectivity index (χ2v) is 10.8. The van der Waals surface area contributed by atoms with Gasteiger partial charge in [0.25, 0.3) is 0 Å². The smallest absolute Gasteiger partial charge is 0.240 e. The molecule has 39 heavy (non-hydrogen) atoms. The van der Waals surface area contributed by atoms with E-state index in [-0.39, 0.29) is 26.7 Å². The first-order valence-corrected chi connectivity index (χ1v) is 14.2. The number of halogens is 2. The van der Waals surface area contributed by atoms with Gasteiger partial charge in [-0.3, -0.25) is 14.2 Å². The molecule has 0 unspecified atom stereocenters. The normalized spacial score (nSPS) is 15.8. The highest BCUT2D eigenvalue weighted by atomic mass is 127. The summed E-state index contributed by atoms with van der Waals surface area (Å²) in [6.45, 7) is 3.29. The van der Waals surface area contributed by atoms with Gasteiger partial charge >= 0.3 is 0 Å². The molecule has 13 heteroatoms. The van der Waals surface area contributed by atoms with Gasteiger partial charge in [0, 0.05) is 44.5 Å². The number of amides is 1. The van der Waals surface area contributed by atoms with Crippen LogP contribution in [-0.4, -0.2) is 70.9 Å². The van der Waals surface area contributed by atoms with Gasteiger partial charge in [-0.1, -0.05) is 14.9 Å². The molecule has 1 N–H and O–H groups in total. The van der Waals surface area contributed by atoms with E-state index < -0.39 is 0 Å². The molecule has 2 aliphatic heterocycles. The summed E-state index contributed by atoms with van der Waals surface area (Å²) in [6.07, 6.45) is 9.12. The van der Waals surface area contributed by atoms with Crippen molar-refractivity contribution in [2.45, 2.75) is 53.0 Å². The van der Waals surface area contributed by atoms with Crippen molar-refractivity contribution in [3.8, 4) is 11.8 Å². The van der Waals surface area contributed by atoms with Crippen LogP contribution in [0.5, 0.6) is 11.8 Å². The minimum atomic E-state index is 0. The molecular weight excluding hydrogens is 730 g/mol. The van der Waals surface area contributed by atoms with Gasteiger partial charge in [0.2, 0.25) is 17.7 Å². The Balaban J connectivity index is 0.000000260. The van der Waals surface area contributed by atoms with Crippen LogP contribution in [0.4, 0.5) is 0 Å². The number of hydrogen-bond donors (Lipinski definition) is 1. The molecule has 5 rings (SSSR count). The van der Waals surface area contributed by atoms with E-state index in [4.69, 9.17) is 18.9 Å². The maximum Gasteiger partial charge on any atom is 0.240 e. The number of nitrogens with zero attached hydrogens (tertiary/aromatic N) is 5. The molecular formula is C26H38I2N6O5. The van der Waals surface area contributed by atoms with E-state index >= 15 is 0 Å². The lowest BCUT2D eigenvalue weighted by Gasteiger charge is -2.21. The van der Waals surface area contributed by atoms with E-state index in [1.165, 1.54) is 0 Å². The third-order valence-electron chi connectivity index (χ3n) is 6.27. The molecule has 0 radical (unpaired) electrons. The van der Waals surface area contributed by atoms with Crippen molar-refractivity contribution in [3.05, 3.63) is 37.5 Å². The number of carbonyl (C=O) groups is 1. The molecule has 3 aromatic heterocycles. The number of methoxy groups -OCH3 is 2. The zero-order valence-corrected chi connectivity index (χ0v) is 25.1. The fraction of sp³-hybridized carbons (Fsp3) is 0.577. The highest BCUT2D eigenvalue weighted by Crippen LogP contribution is 2.29. The SMILES string of the molecule is C.C.COc1nc(I)cn2c(C3CCOCC3)ncc12.COc1nc(I)cnc1CNC(=O)C1CCOCC1. The summed E-state index contributed by atoms with van der Waals surface area (Å²) in [7, 11) is 3.18. The molecule has 0 aliphatic carbocycles. The van der Waals surface area contributed by atoms with Crippen molar-refractivity contribution < 1.29 is 23.7 Å². The Morgan fingerprint density at radius 2 is 1.56 bits per heavy atom. The van der Waals surface area contributed by atoms with Gasteiger partial charge in [0.15, 0.2) is 0 Å². The van der Waals surface area contributed by atoms with E-state index in [2.05, 4.69) is 74.8 Å². The van der Waals surface area contributed by atoms with E-state index in [1.807, 2.05) is 12.4 Å². The molecule has 11 nitrogen and oxygen atoms in total. The first-order chi connectivity index (χ1) is 18.0. The van der Waals surface area contributed by atoms with E-state index in [0.29, 0.717) is 43.1 Å². The number of rotatable bonds is 6. The standard InChI is InChI=1S/C12H16IN3O3.C12H14IN3O2.2CH4/c1-18-12-9(14-7-10(13)16-12)6-15-11(17)8-2-4-19-5-3-8;1-17-12-9-6-14-11(8-2-4-18-5-3-8)16(9)7-10(13)15-12;;/h7-8H,2-6H2,1H3,(H,15,17);6-8H,2-5H2,1H3;2*1H4. The largest absolute Gasteiger partial charge is 0.480 e. The number of aromatic nitrogens is 5. The van der Waals surface area contributed by atoms with Crippen LogP contribution in [0.25, 0.3) is 5.52 Å². The lowest BCUT2D eigenvalue weighted by Crippen LogP contribution is -2.34. The molecule has 2 fully saturated rings. The van der Waals surface area contributed by atoms with Crippen molar-refractivity contribution in [3.63, 3.8) is 0 Å². The zero-order valence-electron chi connectivity index (χ0n) is 20.8. The highest BCUT2D eigenvalue weighted by molar-refractivity contribution is 14.1. The Morgan fingerprint density at radius 1 is 0.949 bits per heavy atom. The van der Waals surface area contributed by atoms with Gasteiger partial charge in [-0.15, -0.1) is 0 Å². The second kappa shape index (κ2) is 16.4. The predicted molar refractivity (Wildman–Crippen MR) is 165 cm³/mol. The summed E-state index contributed by atoms with van der Waals surface area (Å²) in [5.41, 5.74) is 1.57. The van der Waals surface area contributed by atoms with Gasteiger partial charge in [0.05, 0.1) is 33.2 Å². The number of imidazole rings is 1. The van der Waals surface area contributed by atoms with Gasteiger partial charge in [-0.2, -0.15) is 0 Å². The fourth-order valence-corrected chi connectivity index (χ4v) is 5.16. The zero-order chi connectivity index (χ0) is 26.2. The summed E-state index contributed by atoms with van der Waals surface area (Å²) >= 11 is 4.27. The number of nitrogens with one attached hydrogen (secondary N) is 1. The van der Waals surface area contributed by atoms with Crippen LogP contribution in [0.15, 0.2) is 18.6 Å². The molecule has 0 saturated carbocycles. The van der Waals surface area contributed by atoms with Gasteiger partial charge in [0.1, 0.15) is 24.4 Å². The molecule has 0 bridgehead atoms. The molecule has 0 atom stereocenters. The summed E-state index contributed by atoms with van der Waals surface area (Å²) < 4.78 is 24.9. The van der Waals surface area contributed by atoms with Crippen LogP contribution >= 0.6 is 45.2 Å². The van der Waals surface area contributed by atoms with Crippen LogP contribution in [0.1, 0.15) is 58.0 Å². The first kappa shape index (κ1) is 33.4. The molecule has 0 aromatic carbocycles. The molecule has 0 spiro atoms. The van der Waals surface area contributed by atoms with Crippen molar-refractivity contribution in [1.29, 1.82) is 0 Å². The summed E-state index contributed by atoms with van der Waals surface area (Å²) in [5.74, 6) is 2.73. The lowest BCUT2D eigenvalue weighted by atomic mass is 9.99. The third-order valence-corrected chi connectivity index (χ3v) is 7.31. The van der Waals surface area contributed by atoms with Crippen molar-refractivity contribution in [1.82, 2.24) is 29.7 Å². The maximum atomic E-state index is 12.0. The van der Waals surface area contributed by atoms with Crippen LogP contribution in [0, 0.1) is 13.3 Å². The quantitative estimate of drug-likeness (QED) is 0.358. The van der Waals surface area contributed by atoms with E-state index in [1.54, 1.807) is 20.4 Å². The predicted octanol–water partition coefficient (Wildman–Crippen LogP) is 4.64. The van der Waals surface area contributed by atoms with E-state index in [0.717, 1.165) is 57.6 Å². The number of hydrogen-bond acceptors (Lipinski definition) is 9. The summed E-state index contributed by atoms with van der Waals surface area (Å²) in [4.78, 5) is 29.3. The molecule has 3 aromatic rings. The van der Waals surface area contributed by atoms with Crippen LogP contribution in [0.2, 0.25) is 0 Å². The second-order valence-electron chi connectivity index (χ2n) is 8.58. The maximum absolute atomic E-state index is 12.0. The fourth-order valence-electron chi connectivity index (χ4n) is 4.30. The topological polar surface area (TPSA) is 122 Å². The van der Waals surface area contributed by atoms with Crippen LogP contribution in [0.3, 0.4) is 0 Å². The minimum absolute atomic E-state index is 0. The van der Waals surface area contributed by atoms with E-state index in [9.17, 15) is 4.79 Å². The monoisotopic (exact) mass is 768 g/mol. The number of carbonyl (C=O) groups excluding carboxylic acids is 1. The molecule has 1 amide bonds. The Morgan fingerprint density at radius 3 is 2.21 bits per heavy atom. The average molecular weight is 768 g/mol. The number of ether oxygens (including phenoxy) is 4. The Hall–Kier alpha value is -1.85. The van der Waals surface area contributed by atoms with Crippen molar-refractivity contribution in [2.75, 3.05) is 40.6 Å². The number of fused-ring (bicyclic) bond motifs is 1. The summed E-state index contributed by atoms with van der Waals surface area (Å²) in [5, 5.41) is 2.88. The summed E-state index contributed by atoms with van der Waals surface area (Å²) in [6, 6.07) is 0. The molecule has 216 valence electrons. The first-order valence-electron chi connectivity index (χ1n) is 12.1. The highest BCUT2D eigenvalue weighted by Gasteiger charge is 2.23. The van der Waals surface area contributed by atoms with Gasteiger partial charge < -0.3 is 24.3 Å². The Labute approximate surface area is 257 Å². The molecule has 2 saturated heterocycles. The van der Waals surface area contributed by atoms with Gasteiger partial charge in [-0.05, 0) is 70.9 Å². The lowest BCUT2D eigenvalue weighted by molar-refractivity contribution is -0.128. The van der Waals surface area contributed by atoms with Crippen molar-refractivity contribution >= 4 is 56.6 Å². The van der Waals surface area contributed by atoms with Crippen LogP contribution in [-0.2, 0) is 20.8 Å².